The molecule has 1 unspecified atom stereocenters. The van der Waals surface area contributed by atoms with Crippen LogP contribution in [-0.4, -0.2) is 18.5 Å². The molecule has 0 aromatic heterocycles. The number of carbonyl (C=O) groups excluding carboxylic acids is 1. The summed E-state index contributed by atoms with van der Waals surface area (Å²) in [4.78, 5) is 12.0. The third kappa shape index (κ3) is 3.39. The van der Waals surface area contributed by atoms with E-state index in [9.17, 15) is 9.18 Å². The first-order valence-corrected chi connectivity index (χ1v) is 6.58. The normalized spacial score (nSPS) is 19.1. The first-order valence-electron chi connectivity index (χ1n) is 6.58. The van der Waals surface area contributed by atoms with Crippen molar-refractivity contribution in [3.63, 3.8) is 0 Å². The van der Waals surface area contributed by atoms with Crippen molar-refractivity contribution in [2.75, 3.05) is 6.61 Å². The monoisotopic (exact) mass is 250 g/mol. The number of hydrogen-bond donors (Lipinski definition) is 0. The molecule has 2 rings (SSSR count). The smallest absolute Gasteiger partial charge is 0.163 e. The minimum absolute atomic E-state index is 0.102. The van der Waals surface area contributed by atoms with Gasteiger partial charge in [-0.3, -0.25) is 4.79 Å². The summed E-state index contributed by atoms with van der Waals surface area (Å²) in [6.45, 7) is 2.63. The Kier molecular flexibility index (Phi) is 4.48. The van der Waals surface area contributed by atoms with Crippen molar-refractivity contribution >= 4 is 5.78 Å². The molecule has 2 nitrogen and oxygen atoms in total. The quantitative estimate of drug-likeness (QED) is 0.745. The zero-order chi connectivity index (χ0) is 13.0. The second-order valence-electron chi connectivity index (χ2n) is 4.91. The van der Waals surface area contributed by atoms with Gasteiger partial charge in [0.05, 0.1) is 6.10 Å². The van der Waals surface area contributed by atoms with Crippen LogP contribution in [0.4, 0.5) is 4.39 Å². The van der Waals surface area contributed by atoms with Crippen molar-refractivity contribution in [1.29, 1.82) is 0 Å². The van der Waals surface area contributed by atoms with Crippen LogP contribution in [0.1, 0.15) is 48.0 Å². The summed E-state index contributed by atoms with van der Waals surface area (Å²) in [5.74, 6) is -0.186. The average molecular weight is 250 g/mol. The van der Waals surface area contributed by atoms with Gasteiger partial charge in [0.1, 0.15) is 5.82 Å². The largest absolute Gasteiger partial charge is 0.378 e. The molecule has 1 aliphatic heterocycles. The van der Waals surface area contributed by atoms with Crippen LogP contribution in [0.25, 0.3) is 0 Å². The molecule has 0 spiro atoms. The fourth-order valence-corrected chi connectivity index (χ4v) is 2.44. The van der Waals surface area contributed by atoms with Gasteiger partial charge in [0.15, 0.2) is 5.78 Å². The molecule has 98 valence electrons. The number of ketones is 1. The number of aryl methyl sites for hydroxylation is 1. The number of Topliss-reactive ketones (excluding diaryl/α,β-unsaturated/α-hetero) is 1. The molecule has 1 aromatic rings. The van der Waals surface area contributed by atoms with E-state index in [0.29, 0.717) is 18.1 Å². The zero-order valence-electron chi connectivity index (χ0n) is 10.7. The molecular formula is C15H19FO2. The first-order chi connectivity index (χ1) is 8.66. The molecule has 18 heavy (non-hydrogen) atoms. The number of carbonyl (C=O) groups is 1. The highest BCUT2D eigenvalue weighted by Gasteiger charge is 2.16. The summed E-state index contributed by atoms with van der Waals surface area (Å²) in [5, 5.41) is 0. The predicted molar refractivity (Wildman–Crippen MR) is 68.3 cm³/mol. The molecule has 1 heterocycles. The Morgan fingerprint density at radius 3 is 3.00 bits per heavy atom. The molecule has 0 saturated carbocycles. The molecule has 0 amide bonds. The second-order valence-corrected chi connectivity index (χ2v) is 4.91. The van der Waals surface area contributed by atoms with Crippen molar-refractivity contribution in [2.24, 2.45) is 0 Å². The van der Waals surface area contributed by atoms with Gasteiger partial charge in [-0.2, -0.15) is 0 Å². The number of hydrogen-bond acceptors (Lipinski definition) is 2. The lowest BCUT2D eigenvalue weighted by atomic mass is 9.99. The first kappa shape index (κ1) is 13.2. The minimum Gasteiger partial charge on any atom is -0.378 e. The summed E-state index contributed by atoms with van der Waals surface area (Å²) in [6.07, 6.45) is 4.91. The topological polar surface area (TPSA) is 26.3 Å². The molecule has 3 heteroatoms. The molecular weight excluding hydrogens is 231 g/mol. The van der Waals surface area contributed by atoms with Gasteiger partial charge in [-0.1, -0.05) is 0 Å². The Morgan fingerprint density at radius 2 is 2.33 bits per heavy atom. The predicted octanol–water partition coefficient (Wildman–Crippen LogP) is 3.67. The van der Waals surface area contributed by atoms with Crippen LogP contribution in [0.3, 0.4) is 0 Å². The van der Waals surface area contributed by atoms with E-state index in [1.54, 1.807) is 13.0 Å². The Morgan fingerprint density at radius 1 is 1.50 bits per heavy atom. The molecule has 1 aromatic carbocycles. The van der Waals surface area contributed by atoms with Crippen LogP contribution in [0.15, 0.2) is 18.2 Å². The summed E-state index contributed by atoms with van der Waals surface area (Å²) < 4.78 is 18.5. The second kappa shape index (κ2) is 6.10. The molecule has 1 saturated heterocycles. The third-order valence-corrected chi connectivity index (χ3v) is 3.44. The minimum atomic E-state index is -0.289. The average Bonchev–Trinajstić information content (AvgIpc) is 2.81. The molecule has 1 aliphatic rings. The number of ether oxygens (including phenoxy) is 1. The Bertz CT molecular complexity index is 423. The molecule has 1 atom stereocenters. The van der Waals surface area contributed by atoms with E-state index >= 15 is 0 Å². The maximum absolute atomic E-state index is 12.9. The molecule has 0 bridgehead atoms. The van der Waals surface area contributed by atoms with Crippen molar-refractivity contribution in [1.82, 2.24) is 0 Å². The third-order valence-electron chi connectivity index (χ3n) is 3.44. The van der Waals surface area contributed by atoms with Crippen molar-refractivity contribution in [3.8, 4) is 0 Å². The van der Waals surface area contributed by atoms with E-state index in [1.807, 2.05) is 0 Å². The molecule has 0 radical (unpaired) electrons. The molecule has 1 fully saturated rings. The lowest BCUT2D eigenvalue weighted by Crippen LogP contribution is -2.07. The van der Waals surface area contributed by atoms with Gasteiger partial charge in [-0.25, -0.2) is 4.39 Å². The number of rotatable bonds is 5. The van der Waals surface area contributed by atoms with Gasteiger partial charge in [0.25, 0.3) is 0 Å². The van der Waals surface area contributed by atoms with Gasteiger partial charge >= 0.3 is 0 Å². The highest BCUT2D eigenvalue weighted by molar-refractivity contribution is 5.97. The Balaban J connectivity index is 1.83. The van der Waals surface area contributed by atoms with Crippen LogP contribution >= 0.6 is 0 Å². The zero-order valence-corrected chi connectivity index (χ0v) is 10.7. The molecule has 0 aliphatic carbocycles. The SMILES string of the molecule is Cc1cc(F)ccc1C(=O)CCCC1CCCO1. The summed E-state index contributed by atoms with van der Waals surface area (Å²) in [7, 11) is 0. The summed E-state index contributed by atoms with van der Waals surface area (Å²) in [6, 6.07) is 4.34. The van der Waals surface area contributed by atoms with Crippen molar-refractivity contribution < 1.29 is 13.9 Å². The Labute approximate surface area is 107 Å². The number of halogens is 1. The van der Waals surface area contributed by atoms with Gasteiger partial charge in [-0.05, 0) is 56.4 Å². The summed E-state index contributed by atoms with van der Waals surface area (Å²) in [5.41, 5.74) is 1.36. The Hall–Kier alpha value is -1.22. The maximum atomic E-state index is 12.9. The van der Waals surface area contributed by atoms with E-state index < -0.39 is 0 Å². The van der Waals surface area contributed by atoms with Crippen LogP contribution < -0.4 is 0 Å². The molecule has 0 N–H and O–H groups in total. The van der Waals surface area contributed by atoms with E-state index in [4.69, 9.17) is 4.74 Å². The van der Waals surface area contributed by atoms with E-state index in [2.05, 4.69) is 0 Å². The van der Waals surface area contributed by atoms with Crippen molar-refractivity contribution in [3.05, 3.63) is 35.1 Å². The fraction of sp³-hybridized carbons (Fsp3) is 0.533. The highest BCUT2D eigenvalue weighted by atomic mass is 19.1. The van der Waals surface area contributed by atoms with Crippen LogP contribution in [0, 0.1) is 12.7 Å². The van der Waals surface area contributed by atoms with Crippen LogP contribution in [0.5, 0.6) is 0 Å². The fourth-order valence-electron chi connectivity index (χ4n) is 2.44. The lowest BCUT2D eigenvalue weighted by Gasteiger charge is -2.09. The van der Waals surface area contributed by atoms with Gasteiger partial charge < -0.3 is 4.74 Å². The number of benzene rings is 1. The van der Waals surface area contributed by atoms with Crippen LogP contribution in [-0.2, 0) is 4.74 Å². The summed E-state index contributed by atoms with van der Waals surface area (Å²) >= 11 is 0. The van der Waals surface area contributed by atoms with Gasteiger partial charge in [0, 0.05) is 18.6 Å². The lowest BCUT2D eigenvalue weighted by molar-refractivity contribution is 0.0922. The van der Waals surface area contributed by atoms with E-state index in [0.717, 1.165) is 37.9 Å². The van der Waals surface area contributed by atoms with Crippen LogP contribution in [0.2, 0.25) is 0 Å². The maximum Gasteiger partial charge on any atom is 0.163 e. The standard InChI is InChI=1S/C15H19FO2/c1-11-10-12(16)7-8-14(11)15(17)6-2-4-13-5-3-9-18-13/h7-8,10,13H,2-6,9H2,1H3. The van der Waals surface area contributed by atoms with Gasteiger partial charge in [-0.15, -0.1) is 0 Å². The van der Waals surface area contributed by atoms with E-state index in [-0.39, 0.29) is 11.6 Å². The van der Waals surface area contributed by atoms with E-state index in [1.165, 1.54) is 12.1 Å². The highest BCUT2D eigenvalue weighted by Crippen LogP contribution is 2.19. The van der Waals surface area contributed by atoms with Gasteiger partial charge in [0.2, 0.25) is 0 Å². The van der Waals surface area contributed by atoms with Crippen molar-refractivity contribution in [2.45, 2.75) is 45.1 Å².